The zero-order valence-electron chi connectivity index (χ0n) is 11.3. The maximum absolute atomic E-state index is 4.15. The van der Waals surface area contributed by atoms with E-state index in [1.807, 2.05) is 24.4 Å². The second-order valence-corrected chi connectivity index (χ2v) is 5.72. The van der Waals surface area contributed by atoms with Crippen LogP contribution >= 0.6 is 0 Å². The van der Waals surface area contributed by atoms with E-state index in [0.29, 0.717) is 5.41 Å². The van der Waals surface area contributed by atoms with Gasteiger partial charge in [-0.15, -0.1) is 0 Å². The van der Waals surface area contributed by atoms with Crippen LogP contribution in [0.2, 0.25) is 0 Å². The van der Waals surface area contributed by atoms with Crippen LogP contribution in [0.5, 0.6) is 0 Å². The molecule has 19 heavy (non-hydrogen) atoms. The zero-order chi connectivity index (χ0) is 13.1. The zero-order valence-corrected chi connectivity index (χ0v) is 11.3. The molecule has 4 heteroatoms. The van der Waals surface area contributed by atoms with Gasteiger partial charge in [-0.3, -0.25) is 0 Å². The number of nitrogens with zero attached hydrogens (tertiary/aromatic N) is 2. The molecular formula is C15H20N4. The number of rotatable bonds is 3. The van der Waals surface area contributed by atoms with Crippen molar-refractivity contribution in [2.45, 2.75) is 19.8 Å². The minimum absolute atomic E-state index is 0.322. The van der Waals surface area contributed by atoms with E-state index in [1.54, 1.807) is 0 Å². The Labute approximate surface area is 113 Å². The van der Waals surface area contributed by atoms with Gasteiger partial charge in [-0.25, -0.2) is 0 Å². The fourth-order valence-corrected chi connectivity index (χ4v) is 2.73. The van der Waals surface area contributed by atoms with E-state index in [1.165, 1.54) is 12.8 Å². The average molecular weight is 256 g/mol. The predicted molar refractivity (Wildman–Crippen MR) is 78.2 cm³/mol. The van der Waals surface area contributed by atoms with Crippen LogP contribution in [0.3, 0.4) is 0 Å². The van der Waals surface area contributed by atoms with Crippen molar-refractivity contribution in [1.82, 2.24) is 15.5 Å². The quantitative estimate of drug-likeness (QED) is 0.885. The maximum atomic E-state index is 4.15. The van der Waals surface area contributed by atoms with Gasteiger partial charge in [0.05, 0.1) is 17.4 Å². The fraction of sp³-hybridized carbons (Fsp3) is 0.467. The summed E-state index contributed by atoms with van der Waals surface area (Å²) in [7, 11) is 0. The molecule has 0 amide bonds. The van der Waals surface area contributed by atoms with Crippen molar-refractivity contribution < 1.29 is 0 Å². The monoisotopic (exact) mass is 256 g/mol. The van der Waals surface area contributed by atoms with Crippen LogP contribution in [-0.4, -0.2) is 29.8 Å². The molecule has 2 aromatic rings. The summed E-state index contributed by atoms with van der Waals surface area (Å²) in [6, 6.07) is 8.12. The summed E-state index contributed by atoms with van der Waals surface area (Å²) in [6.07, 6.45) is 4.35. The second kappa shape index (κ2) is 5.13. The molecule has 100 valence electrons. The fourth-order valence-electron chi connectivity index (χ4n) is 2.73. The second-order valence-electron chi connectivity index (χ2n) is 5.72. The van der Waals surface area contributed by atoms with Gasteiger partial charge >= 0.3 is 0 Å². The van der Waals surface area contributed by atoms with Gasteiger partial charge in [-0.1, -0.05) is 25.1 Å². The molecule has 4 nitrogen and oxygen atoms in total. The molecule has 1 unspecified atom stereocenters. The maximum Gasteiger partial charge on any atom is 0.0950 e. The summed E-state index contributed by atoms with van der Waals surface area (Å²) in [4.78, 5) is 0. The van der Waals surface area contributed by atoms with Crippen LogP contribution in [0, 0.1) is 5.41 Å². The molecule has 0 radical (unpaired) electrons. The first-order valence-corrected chi connectivity index (χ1v) is 6.92. The Morgan fingerprint density at radius 2 is 2.26 bits per heavy atom. The highest BCUT2D eigenvalue weighted by molar-refractivity contribution is 5.90. The summed E-state index contributed by atoms with van der Waals surface area (Å²) in [6.45, 7) is 5.53. The van der Waals surface area contributed by atoms with Gasteiger partial charge in [-0.05, 0) is 30.9 Å². The Morgan fingerprint density at radius 1 is 1.37 bits per heavy atom. The van der Waals surface area contributed by atoms with Crippen molar-refractivity contribution >= 4 is 16.6 Å². The van der Waals surface area contributed by atoms with Crippen LogP contribution in [0.1, 0.15) is 19.8 Å². The van der Waals surface area contributed by atoms with Crippen molar-refractivity contribution in [2.75, 3.05) is 25.0 Å². The van der Waals surface area contributed by atoms with Crippen LogP contribution in [0.25, 0.3) is 10.9 Å². The molecule has 1 aromatic heterocycles. The van der Waals surface area contributed by atoms with Crippen molar-refractivity contribution in [3.8, 4) is 0 Å². The van der Waals surface area contributed by atoms with E-state index in [2.05, 4.69) is 33.8 Å². The molecule has 1 saturated heterocycles. The lowest BCUT2D eigenvalue weighted by atomic mass is 9.83. The number of anilines is 1. The Balaban J connectivity index is 1.78. The molecule has 0 saturated carbocycles. The number of piperidine rings is 1. The SMILES string of the molecule is CC1(CNc2cnnc3ccccc23)CCCNC1. The molecule has 3 rings (SSSR count). The molecule has 1 aromatic carbocycles. The number of fused-ring (bicyclic) bond motifs is 1. The highest BCUT2D eigenvalue weighted by Gasteiger charge is 2.26. The molecule has 0 spiro atoms. The largest absolute Gasteiger partial charge is 0.383 e. The molecule has 2 N–H and O–H groups in total. The van der Waals surface area contributed by atoms with Gasteiger partial charge in [0.15, 0.2) is 0 Å². The Hall–Kier alpha value is -1.68. The first-order chi connectivity index (χ1) is 9.27. The van der Waals surface area contributed by atoms with E-state index in [0.717, 1.165) is 36.2 Å². The van der Waals surface area contributed by atoms with Crippen LogP contribution in [0.4, 0.5) is 5.69 Å². The van der Waals surface area contributed by atoms with Crippen LogP contribution in [0.15, 0.2) is 30.5 Å². The lowest BCUT2D eigenvalue weighted by Crippen LogP contribution is -2.42. The molecule has 0 aliphatic carbocycles. The first kappa shape index (κ1) is 12.4. The van der Waals surface area contributed by atoms with Crippen LogP contribution < -0.4 is 10.6 Å². The van der Waals surface area contributed by atoms with Crippen molar-refractivity contribution in [2.24, 2.45) is 5.41 Å². The Bertz CT molecular complexity index is 556. The summed E-state index contributed by atoms with van der Waals surface area (Å²) in [5, 5.41) is 16.4. The molecule has 2 heterocycles. The molecule has 1 aliphatic heterocycles. The molecular weight excluding hydrogens is 236 g/mol. The smallest absolute Gasteiger partial charge is 0.0950 e. The number of hydrogen-bond acceptors (Lipinski definition) is 4. The van der Waals surface area contributed by atoms with E-state index >= 15 is 0 Å². The predicted octanol–water partition coefficient (Wildman–Crippen LogP) is 2.43. The normalized spacial score (nSPS) is 23.4. The third-order valence-electron chi connectivity index (χ3n) is 3.94. The standard InChI is InChI=1S/C15H20N4/c1-15(7-4-8-16-10-15)11-17-14-9-18-19-13-6-3-2-5-12(13)14/h2-3,5-6,9,16H,4,7-8,10-11H2,1H3,(H,17,19). The third-order valence-corrected chi connectivity index (χ3v) is 3.94. The average Bonchev–Trinajstić information content (AvgIpc) is 2.46. The summed E-state index contributed by atoms with van der Waals surface area (Å²) in [5.41, 5.74) is 2.35. The summed E-state index contributed by atoms with van der Waals surface area (Å²) >= 11 is 0. The molecule has 1 aliphatic rings. The van der Waals surface area contributed by atoms with Crippen molar-refractivity contribution in [3.63, 3.8) is 0 Å². The van der Waals surface area contributed by atoms with Gasteiger partial charge in [0.2, 0.25) is 0 Å². The lowest BCUT2D eigenvalue weighted by Gasteiger charge is -2.34. The molecule has 0 bridgehead atoms. The van der Waals surface area contributed by atoms with Gasteiger partial charge in [-0.2, -0.15) is 10.2 Å². The third kappa shape index (κ3) is 2.68. The number of aromatic nitrogens is 2. The highest BCUT2D eigenvalue weighted by Crippen LogP contribution is 2.27. The number of benzene rings is 1. The summed E-state index contributed by atoms with van der Waals surface area (Å²) < 4.78 is 0. The van der Waals surface area contributed by atoms with Crippen molar-refractivity contribution in [1.29, 1.82) is 0 Å². The van der Waals surface area contributed by atoms with Crippen LogP contribution in [-0.2, 0) is 0 Å². The highest BCUT2D eigenvalue weighted by atomic mass is 15.1. The minimum atomic E-state index is 0.322. The van der Waals surface area contributed by atoms with Gasteiger partial charge in [0.1, 0.15) is 0 Å². The topological polar surface area (TPSA) is 49.8 Å². The van der Waals surface area contributed by atoms with Gasteiger partial charge in [0, 0.05) is 18.5 Å². The Morgan fingerprint density at radius 3 is 3.11 bits per heavy atom. The summed E-state index contributed by atoms with van der Waals surface area (Å²) in [5.74, 6) is 0. The Kier molecular flexibility index (Phi) is 3.34. The van der Waals surface area contributed by atoms with Gasteiger partial charge in [0.25, 0.3) is 0 Å². The van der Waals surface area contributed by atoms with E-state index in [9.17, 15) is 0 Å². The van der Waals surface area contributed by atoms with E-state index in [-0.39, 0.29) is 0 Å². The first-order valence-electron chi connectivity index (χ1n) is 6.92. The lowest BCUT2D eigenvalue weighted by molar-refractivity contribution is 0.253. The number of hydrogen-bond donors (Lipinski definition) is 2. The van der Waals surface area contributed by atoms with E-state index < -0.39 is 0 Å². The minimum Gasteiger partial charge on any atom is -0.383 e. The molecule has 1 atom stereocenters. The number of nitrogens with one attached hydrogen (secondary N) is 2. The molecule has 1 fully saturated rings. The van der Waals surface area contributed by atoms with Gasteiger partial charge < -0.3 is 10.6 Å². The van der Waals surface area contributed by atoms with E-state index in [4.69, 9.17) is 0 Å². The van der Waals surface area contributed by atoms with Crippen molar-refractivity contribution in [3.05, 3.63) is 30.5 Å².